The van der Waals surface area contributed by atoms with Crippen LogP contribution in [0.2, 0.25) is 5.02 Å². The highest BCUT2D eigenvalue weighted by atomic mass is 35.5. The highest BCUT2D eigenvalue weighted by Crippen LogP contribution is 2.37. The fraction of sp³-hybridized carbons (Fsp3) is 0.273. The Hall–Kier alpha value is -3.03. The molecule has 0 saturated carbocycles. The molecule has 0 fully saturated rings. The second-order valence-electron chi connectivity index (χ2n) is 7.86. The summed E-state index contributed by atoms with van der Waals surface area (Å²) in [6.07, 6.45) is 2.46. The molecular formula is C22H24ClN5O2. The van der Waals surface area contributed by atoms with Crippen molar-refractivity contribution in [2.45, 2.75) is 31.8 Å². The van der Waals surface area contributed by atoms with E-state index in [4.69, 9.17) is 22.1 Å². The molecule has 1 atom stereocenters. The summed E-state index contributed by atoms with van der Waals surface area (Å²) in [7, 11) is 0. The lowest BCUT2D eigenvalue weighted by Crippen LogP contribution is -2.35. The average Bonchev–Trinajstić information content (AvgIpc) is 3.16. The molecular weight excluding hydrogens is 402 g/mol. The second-order valence-corrected chi connectivity index (χ2v) is 8.27. The minimum absolute atomic E-state index is 0.179. The smallest absolute Gasteiger partial charge is 0.320 e. The van der Waals surface area contributed by atoms with E-state index in [-0.39, 0.29) is 12.1 Å². The van der Waals surface area contributed by atoms with Crippen LogP contribution in [-0.4, -0.2) is 22.4 Å². The fourth-order valence-corrected chi connectivity index (χ4v) is 3.66. The number of nitrogens with two attached hydrogens (primary N) is 1. The Morgan fingerprint density at radius 2 is 2.00 bits per heavy atom. The van der Waals surface area contributed by atoms with Crippen LogP contribution in [0.25, 0.3) is 5.69 Å². The summed E-state index contributed by atoms with van der Waals surface area (Å²) in [5.74, 6) is 1.08. The van der Waals surface area contributed by atoms with E-state index in [0.29, 0.717) is 29.6 Å². The van der Waals surface area contributed by atoms with Gasteiger partial charge in [-0.15, -0.1) is 5.10 Å². The molecule has 1 aliphatic rings. The van der Waals surface area contributed by atoms with E-state index < -0.39 is 5.54 Å². The first-order chi connectivity index (χ1) is 14.3. The number of carbonyl (C=O) groups is 1. The topological polar surface area (TPSA) is 94.2 Å². The summed E-state index contributed by atoms with van der Waals surface area (Å²) in [6.45, 7) is 4.41. The Bertz CT molecular complexity index is 1060. The van der Waals surface area contributed by atoms with Crippen LogP contribution in [0.3, 0.4) is 0 Å². The van der Waals surface area contributed by atoms with Gasteiger partial charge in [-0.05, 0) is 37.6 Å². The van der Waals surface area contributed by atoms with Crippen LogP contribution in [0.4, 0.5) is 10.6 Å². The molecule has 30 heavy (non-hydrogen) atoms. The van der Waals surface area contributed by atoms with Gasteiger partial charge in [0, 0.05) is 29.8 Å². The summed E-state index contributed by atoms with van der Waals surface area (Å²) in [5, 5.41) is 10.7. The standard InChI is InChI=1S/C22H24ClN5O2/c1-22(2,24)14-6-8-15(9-7-14)28-12-10-19(27-28)26-21(29)25-18-11-13-30-20-16(18)4-3-5-17(20)23/h3-10,12,18H,11,13,24H2,1-2H3,(H2,25,26,27,29)/t18-/m0/s1. The molecule has 0 aliphatic carbocycles. The van der Waals surface area contributed by atoms with Crippen LogP contribution < -0.4 is 21.1 Å². The van der Waals surface area contributed by atoms with Crippen molar-refractivity contribution in [1.29, 1.82) is 0 Å². The Morgan fingerprint density at radius 1 is 1.23 bits per heavy atom. The zero-order valence-corrected chi connectivity index (χ0v) is 17.6. The summed E-state index contributed by atoms with van der Waals surface area (Å²) in [6, 6.07) is 14.6. The number of halogens is 1. The first-order valence-corrected chi connectivity index (χ1v) is 10.1. The molecule has 0 unspecified atom stereocenters. The Balaban J connectivity index is 1.42. The predicted octanol–water partition coefficient (Wildman–Crippen LogP) is 4.36. The molecule has 1 aliphatic heterocycles. The van der Waals surface area contributed by atoms with Gasteiger partial charge in [-0.1, -0.05) is 35.9 Å². The van der Waals surface area contributed by atoms with Crippen LogP contribution in [0, 0.1) is 0 Å². The van der Waals surface area contributed by atoms with Crippen molar-refractivity contribution in [2.24, 2.45) is 5.73 Å². The van der Waals surface area contributed by atoms with E-state index in [9.17, 15) is 4.79 Å². The van der Waals surface area contributed by atoms with Gasteiger partial charge in [-0.3, -0.25) is 5.32 Å². The van der Waals surface area contributed by atoms with E-state index in [1.54, 1.807) is 23.0 Å². The highest BCUT2D eigenvalue weighted by molar-refractivity contribution is 6.32. The van der Waals surface area contributed by atoms with E-state index in [1.165, 1.54) is 0 Å². The number of carbonyl (C=O) groups excluding carboxylic acids is 1. The van der Waals surface area contributed by atoms with Gasteiger partial charge in [-0.2, -0.15) is 0 Å². The average molecular weight is 426 g/mol. The predicted molar refractivity (Wildman–Crippen MR) is 117 cm³/mol. The van der Waals surface area contributed by atoms with Crippen LogP contribution in [0.5, 0.6) is 5.75 Å². The van der Waals surface area contributed by atoms with E-state index in [2.05, 4.69) is 15.7 Å². The molecule has 0 radical (unpaired) electrons. The molecule has 4 rings (SSSR count). The summed E-state index contributed by atoms with van der Waals surface area (Å²) in [4.78, 5) is 12.5. The lowest BCUT2D eigenvalue weighted by molar-refractivity contribution is 0.232. The number of urea groups is 1. The molecule has 2 heterocycles. The first kappa shape index (κ1) is 20.3. The maximum absolute atomic E-state index is 12.5. The molecule has 7 nitrogen and oxygen atoms in total. The molecule has 2 aromatic carbocycles. The zero-order chi connectivity index (χ0) is 21.3. The van der Waals surface area contributed by atoms with Gasteiger partial charge in [0.2, 0.25) is 0 Å². The molecule has 1 aromatic heterocycles. The number of amides is 2. The van der Waals surface area contributed by atoms with Crippen LogP contribution >= 0.6 is 11.6 Å². The lowest BCUT2D eigenvalue weighted by atomic mass is 9.96. The number of para-hydroxylation sites is 1. The number of aromatic nitrogens is 2. The minimum atomic E-state index is -0.402. The third-order valence-electron chi connectivity index (χ3n) is 5.04. The lowest BCUT2D eigenvalue weighted by Gasteiger charge is -2.27. The summed E-state index contributed by atoms with van der Waals surface area (Å²) < 4.78 is 7.34. The number of ether oxygens (including phenoxy) is 1. The third-order valence-corrected chi connectivity index (χ3v) is 5.34. The molecule has 4 N–H and O–H groups in total. The number of fused-ring (bicyclic) bond motifs is 1. The van der Waals surface area contributed by atoms with Gasteiger partial charge >= 0.3 is 6.03 Å². The van der Waals surface area contributed by atoms with Crippen LogP contribution in [-0.2, 0) is 5.54 Å². The zero-order valence-electron chi connectivity index (χ0n) is 16.9. The van der Waals surface area contributed by atoms with Crippen molar-refractivity contribution >= 4 is 23.4 Å². The van der Waals surface area contributed by atoms with Crippen LogP contribution in [0.1, 0.15) is 37.4 Å². The van der Waals surface area contributed by atoms with Crippen molar-refractivity contribution < 1.29 is 9.53 Å². The Kier molecular flexibility index (Phi) is 5.40. The summed E-state index contributed by atoms with van der Waals surface area (Å²) in [5.41, 5.74) is 8.51. The largest absolute Gasteiger partial charge is 0.492 e. The van der Waals surface area contributed by atoms with Crippen molar-refractivity contribution in [3.8, 4) is 11.4 Å². The normalized spacial score (nSPS) is 15.8. The van der Waals surface area contributed by atoms with Gasteiger partial charge in [0.1, 0.15) is 5.75 Å². The quantitative estimate of drug-likeness (QED) is 0.578. The monoisotopic (exact) mass is 425 g/mol. The van der Waals surface area contributed by atoms with Gasteiger partial charge < -0.3 is 15.8 Å². The first-order valence-electron chi connectivity index (χ1n) is 9.75. The van der Waals surface area contributed by atoms with E-state index in [1.807, 2.05) is 50.2 Å². The van der Waals surface area contributed by atoms with Crippen molar-refractivity contribution in [3.63, 3.8) is 0 Å². The maximum Gasteiger partial charge on any atom is 0.320 e. The number of nitrogens with zero attached hydrogens (tertiary/aromatic N) is 2. The molecule has 3 aromatic rings. The third kappa shape index (κ3) is 4.27. The molecule has 0 spiro atoms. The number of rotatable bonds is 4. The van der Waals surface area contributed by atoms with Crippen molar-refractivity contribution in [2.75, 3.05) is 11.9 Å². The molecule has 0 bridgehead atoms. The molecule has 156 valence electrons. The number of hydrogen-bond acceptors (Lipinski definition) is 4. The van der Waals surface area contributed by atoms with Gasteiger partial charge in [0.25, 0.3) is 0 Å². The number of anilines is 1. The van der Waals surface area contributed by atoms with Crippen molar-refractivity contribution in [1.82, 2.24) is 15.1 Å². The van der Waals surface area contributed by atoms with Crippen molar-refractivity contribution in [3.05, 3.63) is 70.9 Å². The highest BCUT2D eigenvalue weighted by Gasteiger charge is 2.25. The Morgan fingerprint density at radius 3 is 2.73 bits per heavy atom. The van der Waals surface area contributed by atoms with E-state index >= 15 is 0 Å². The Labute approximate surface area is 180 Å². The van der Waals surface area contributed by atoms with Gasteiger partial charge in [0.05, 0.1) is 23.4 Å². The molecule has 8 heteroatoms. The number of nitrogens with one attached hydrogen (secondary N) is 2. The number of benzene rings is 2. The SMILES string of the molecule is CC(C)(N)c1ccc(-n2ccc(NC(=O)N[C@H]3CCOc4c(Cl)cccc43)n2)cc1. The van der Waals surface area contributed by atoms with Gasteiger partial charge in [-0.25, -0.2) is 9.48 Å². The maximum atomic E-state index is 12.5. The van der Waals surface area contributed by atoms with E-state index in [0.717, 1.165) is 16.8 Å². The molecule has 0 saturated heterocycles. The molecule has 2 amide bonds. The second kappa shape index (κ2) is 8.01. The van der Waals surface area contributed by atoms with Gasteiger partial charge in [0.15, 0.2) is 5.82 Å². The fourth-order valence-electron chi connectivity index (χ4n) is 3.43. The van der Waals surface area contributed by atoms with Crippen LogP contribution in [0.15, 0.2) is 54.7 Å². The summed E-state index contributed by atoms with van der Waals surface area (Å²) >= 11 is 6.20. The minimum Gasteiger partial charge on any atom is -0.492 e. The number of hydrogen-bond donors (Lipinski definition) is 3.